The number of unbranched alkanes of at least 4 members (excludes halogenated alkanes) is 2. The van der Waals surface area contributed by atoms with E-state index in [4.69, 9.17) is 9.78 Å². The van der Waals surface area contributed by atoms with Gasteiger partial charge in [-0.05, 0) is 12.8 Å². The van der Waals surface area contributed by atoms with Crippen molar-refractivity contribution in [1.29, 1.82) is 0 Å². The van der Waals surface area contributed by atoms with Crippen LogP contribution in [-0.4, -0.2) is 35.6 Å². The minimum atomic E-state index is -0.465. The highest BCUT2D eigenvalue weighted by molar-refractivity contribution is 4.53. The maximum absolute atomic E-state index is 9.42. The molecule has 0 saturated heterocycles. The maximum Gasteiger partial charge on any atom is 0.108 e. The van der Waals surface area contributed by atoms with Crippen LogP contribution in [0.5, 0.6) is 0 Å². The topological polar surface area (TPSA) is 58.9 Å². The quantitative estimate of drug-likeness (QED) is 0.326. The Hall–Kier alpha value is -0.160. The minimum absolute atomic E-state index is 0.181. The smallest absolute Gasteiger partial charge is 0.108 e. The van der Waals surface area contributed by atoms with Crippen LogP contribution in [0.2, 0.25) is 0 Å². The second kappa shape index (κ2) is 11.3. The largest absolute Gasteiger partial charge is 0.391 e. The highest BCUT2D eigenvalue weighted by Gasteiger charge is 2.06. The third-order valence-corrected chi connectivity index (χ3v) is 2.39. The van der Waals surface area contributed by atoms with Crippen molar-refractivity contribution in [2.24, 2.45) is 0 Å². The van der Waals surface area contributed by atoms with E-state index in [-0.39, 0.29) is 13.2 Å². The first-order valence-corrected chi connectivity index (χ1v) is 6.31. The van der Waals surface area contributed by atoms with Gasteiger partial charge in [-0.15, -0.1) is 0 Å². The van der Waals surface area contributed by atoms with Crippen LogP contribution < -0.4 is 0 Å². The molecule has 0 heterocycles. The van der Waals surface area contributed by atoms with E-state index in [0.717, 1.165) is 38.5 Å². The van der Waals surface area contributed by atoms with Crippen LogP contribution in [0.4, 0.5) is 0 Å². The molecule has 4 heteroatoms. The Morgan fingerprint density at radius 3 is 1.50 bits per heavy atom. The highest BCUT2D eigenvalue weighted by Crippen LogP contribution is 2.03. The molecule has 2 atom stereocenters. The van der Waals surface area contributed by atoms with E-state index in [1.807, 2.05) is 0 Å². The third kappa shape index (κ3) is 10.4. The molecule has 0 radical (unpaired) electrons. The summed E-state index contributed by atoms with van der Waals surface area (Å²) in [5.74, 6) is 0. The fourth-order valence-electron chi connectivity index (χ4n) is 1.30. The number of aliphatic hydroxyl groups is 2. The monoisotopic (exact) mass is 234 g/mol. The molecule has 0 aromatic carbocycles. The number of hydrogen-bond acceptors (Lipinski definition) is 4. The zero-order chi connectivity index (χ0) is 12.2. The van der Waals surface area contributed by atoms with E-state index in [9.17, 15) is 10.2 Å². The zero-order valence-electron chi connectivity index (χ0n) is 10.5. The van der Waals surface area contributed by atoms with Gasteiger partial charge < -0.3 is 10.2 Å². The summed E-state index contributed by atoms with van der Waals surface area (Å²) in [4.78, 5) is 9.67. The van der Waals surface area contributed by atoms with E-state index in [1.54, 1.807) is 0 Å². The molecule has 0 fully saturated rings. The van der Waals surface area contributed by atoms with Crippen LogP contribution >= 0.6 is 0 Å². The number of rotatable bonds is 11. The van der Waals surface area contributed by atoms with Crippen molar-refractivity contribution in [3.63, 3.8) is 0 Å². The standard InChI is InChI=1S/C12H26O4/c1-3-5-7-11(13)9-15-16-10-12(14)8-6-4-2/h11-14H,3-10H2,1-2H3. The predicted octanol–water partition coefficient (Wildman–Crippen LogP) is 2.04. The Kier molecular flexibility index (Phi) is 11.2. The van der Waals surface area contributed by atoms with Crippen LogP contribution in [-0.2, 0) is 9.78 Å². The van der Waals surface area contributed by atoms with Crippen LogP contribution in [0.15, 0.2) is 0 Å². The molecule has 2 N–H and O–H groups in total. The Morgan fingerprint density at radius 1 is 0.812 bits per heavy atom. The molecule has 4 nitrogen and oxygen atoms in total. The van der Waals surface area contributed by atoms with Gasteiger partial charge in [0.1, 0.15) is 13.2 Å². The summed E-state index contributed by atoms with van der Waals surface area (Å²) in [7, 11) is 0. The molecule has 0 aliphatic heterocycles. The van der Waals surface area contributed by atoms with Crippen molar-refractivity contribution in [3.8, 4) is 0 Å². The maximum atomic E-state index is 9.42. The lowest BCUT2D eigenvalue weighted by Gasteiger charge is -2.12. The van der Waals surface area contributed by atoms with Crippen molar-refractivity contribution >= 4 is 0 Å². The molecule has 0 aliphatic rings. The lowest BCUT2D eigenvalue weighted by Crippen LogP contribution is -2.19. The summed E-state index contributed by atoms with van der Waals surface area (Å²) in [6.07, 6.45) is 4.64. The molecular formula is C12H26O4. The first kappa shape index (κ1) is 15.8. The summed E-state index contributed by atoms with van der Waals surface area (Å²) in [5, 5.41) is 18.8. The van der Waals surface area contributed by atoms with Crippen LogP contribution in [0.25, 0.3) is 0 Å². The molecule has 16 heavy (non-hydrogen) atoms. The zero-order valence-corrected chi connectivity index (χ0v) is 10.5. The molecule has 2 unspecified atom stereocenters. The summed E-state index contributed by atoms with van der Waals surface area (Å²) in [6, 6.07) is 0. The van der Waals surface area contributed by atoms with Gasteiger partial charge in [0.2, 0.25) is 0 Å². The second-order valence-corrected chi connectivity index (χ2v) is 4.16. The lowest BCUT2D eigenvalue weighted by atomic mass is 10.2. The Bertz CT molecular complexity index is 125. The molecule has 0 aromatic heterocycles. The van der Waals surface area contributed by atoms with Crippen molar-refractivity contribution < 1.29 is 20.0 Å². The Morgan fingerprint density at radius 2 is 1.19 bits per heavy atom. The predicted molar refractivity (Wildman–Crippen MR) is 63.0 cm³/mol. The van der Waals surface area contributed by atoms with Gasteiger partial charge in [0.15, 0.2) is 0 Å². The van der Waals surface area contributed by atoms with E-state index in [0.29, 0.717) is 0 Å². The molecule has 0 aromatic rings. The van der Waals surface area contributed by atoms with Crippen molar-refractivity contribution in [2.75, 3.05) is 13.2 Å². The molecule has 0 amide bonds. The highest BCUT2D eigenvalue weighted by atomic mass is 17.2. The molecule has 98 valence electrons. The number of aliphatic hydroxyl groups excluding tert-OH is 2. The summed E-state index contributed by atoms with van der Waals surface area (Å²) >= 11 is 0. The van der Waals surface area contributed by atoms with E-state index < -0.39 is 12.2 Å². The summed E-state index contributed by atoms with van der Waals surface area (Å²) in [6.45, 7) is 4.52. The normalized spacial score (nSPS) is 15.0. The molecular weight excluding hydrogens is 208 g/mol. The van der Waals surface area contributed by atoms with E-state index >= 15 is 0 Å². The summed E-state index contributed by atoms with van der Waals surface area (Å²) < 4.78 is 0. The van der Waals surface area contributed by atoms with E-state index in [1.165, 1.54) is 0 Å². The van der Waals surface area contributed by atoms with Gasteiger partial charge in [-0.25, -0.2) is 9.78 Å². The van der Waals surface area contributed by atoms with Crippen molar-refractivity contribution in [2.45, 2.75) is 64.6 Å². The van der Waals surface area contributed by atoms with Crippen LogP contribution in [0, 0.1) is 0 Å². The average molecular weight is 234 g/mol. The molecule has 0 aliphatic carbocycles. The lowest BCUT2D eigenvalue weighted by molar-refractivity contribution is -0.315. The van der Waals surface area contributed by atoms with Gasteiger partial charge in [0.05, 0.1) is 12.2 Å². The van der Waals surface area contributed by atoms with Crippen LogP contribution in [0.3, 0.4) is 0 Å². The summed E-state index contributed by atoms with van der Waals surface area (Å²) in [5.41, 5.74) is 0. The molecule has 0 bridgehead atoms. The van der Waals surface area contributed by atoms with Gasteiger partial charge in [0, 0.05) is 0 Å². The van der Waals surface area contributed by atoms with Gasteiger partial charge in [-0.3, -0.25) is 0 Å². The van der Waals surface area contributed by atoms with E-state index in [2.05, 4.69) is 13.8 Å². The first-order chi connectivity index (χ1) is 7.70. The first-order valence-electron chi connectivity index (χ1n) is 6.31. The third-order valence-electron chi connectivity index (χ3n) is 2.39. The molecule has 0 spiro atoms. The fraction of sp³-hybridized carbons (Fsp3) is 1.00. The Labute approximate surface area is 98.5 Å². The molecule has 0 saturated carbocycles. The SMILES string of the molecule is CCCCC(O)COOCC(O)CCCC. The van der Waals surface area contributed by atoms with Gasteiger partial charge in [-0.1, -0.05) is 39.5 Å². The van der Waals surface area contributed by atoms with Gasteiger partial charge >= 0.3 is 0 Å². The van der Waals surface area contributed by atoms with Crippen molar-refractivity contribution in [3.05, 3.63) is 0 Å². The fourth-order valence-corrected chi connectivity index (χ4v) is 1.30. The van der Waals surface area contributed by atoms with Crippen molar-refractivity contribution in [1.82, 2.24) is 0 Å². The number of hydrogen-bond donors (Lipinski definition) is 2. The molecule has 0 rings (SSSR count). The van der Waals surface area contributed by atoms with Crippen LogP contribution in [0.1, 0.15) is 52.4 Å². The Balaban J connectivity index is 3.24. The van der Waals surface area contributed by atoms with Gasteiger partial charge in [-0.2, -0.15) is 0 Å². The average Bonchev–Trinajstić information content (AvgIpc) is 2.29. The second-order valence-electron chi connectivity index (χ2n) is 4.16. The minimum Gasteiger partial charge on any atom is -0.391 e. The van der Waals surface area contributed by atoms with Gasteiger partial charge in [0.25, 0.3) is 0 Å².